The van der Waals surface area contributed by atoms with E-state index in [9.17, 15) is 12.8 Å². The first-order valence-corrected chi connectivity index (χ1v) is 8.23. The Kier molecular flexibility index (Phi) is 4.80. The van der Waals surface area contributed by atoms with Crippen LogP contribution in [0, 0.1) is 5.82 Å². The lowest BCUT2D eigenvalue weighted by atomic mass is 10.2. The van der Waals surface area contributed by atoms with E-state index in [-0.39, 0.29) is 16.5 Å². The Balaban J connectivity index is 2.14. The van der Waals surface area contributed by atoms with Gasteiger partial charge in [0.25, 0.3) is 0 Å². The molecule has 0 bridgehead atoms. The van der Waals surface area contributed by atoms with Crippen LogP contribution in [0.15, 0.2) is 51.8 Å². The zero-order valence-corrected chi connectivity index (χ0v) is 13.3. The van der Waals surface area contributed by atoms with Gasteiger partial charge in [0.2, 0.25) is 10.0 Å². The molecule has 2 aromatic rings. The van der Waals surface area contributed by atoms with E-state index in [1.165, 1.54) is 6.07 Å². The van der Waals surface area contributed by atoms with E-state index in [1.54, 1.807) is 12.1 Å². The maximum absolute atomic E-state index is 13.0. The first kappa shape index (κ1) is 15.4. The standard InChI is InChI=1S/C13H10BrClFNO2S/c14-10-3-1-9(2-4-10)8-17-20(18,19)11-5-6-13(16)12(15)7-11/h1-7,17H,8H2. The average molecular weight is 379 g/mol. The molecule has 1 N–H and O–H groups in total. The predicted molar refractivity (Wildman–Crippen MR) is 79.6 cm³/mol. The minimum atomic E-state index is -3.72. The molecule has 0 aliphatic heterocycles. The third-order valence-electron chi connectivity index (χ3n) is 2.58. The van der Waals surface area contributed by atoms with Crippen molar-refractivity contribution in [3.8, 4) is 0 Å². The first-order valence-electron chi connectivity index (χ1n) is 5.58. The number of rotatable bonds is 4. The zero-order chi connectivity index (χ0) is 14.8. The van der Waals surface area contributed by atoms with Crippen LogP contribution in [0.2, 0.25) is 5.02 Å². The van der Waals surface area contributed by atoms with Gasteiger partial charge in [-0.2, -0.15) is 0 Å². The molecule has 20 heavy (non-hydrogen) atoms. The molecular formula is C13H10BrClFNO2S. The average Bonchev–Trinajstić information content (AvgIpc) is 2.41. The van der Waals surface area contributed by atoms with Gasteiger partial charge in [-0.3, -0.25) is 0 Å². The summed E-state index contributed by atoms with van der Waals surface area (Å²) in [5, 5.41) is -0.225. The van der Waals surface area contributed by atoms with Crippen molar-refractivity contribution in [1.82, 2.24) is 4.72 Å². The second-order valence-corrected chi connectivity index (χ2v) is 7.12. The monoisotopic (exact) mass is 377 g/mol. The first-order chi connectivity index (χ1) is 9.38. The summed E-state index contributed by atoms with van der Waals surface area (Å²) >= 11 is 8.88. The van der Waals surface area contributed by atoms with Crippen molar-refractivity contribution in [2.75, 3.05) is 0 Å². The summed E-state index contributed by atoms with van der Waals surface area (Å²) in [7, 11) is -3.72. The topological polar surface area (TPSA) is 46.2 Å². The molecule has 2 rings (SSSR count). The summed E-state index contributed by atoms with van der Waals surface area (Å²) in [4.78, 5) is -0.0685. The summed E-state index contributed by atoms with van der Waals surface area (Å²) in [6, 6.07) is 10.5. The fourth-order valence-electron chi connectivity index (χ4n) is 1.51. The minimum Gasteiger partial charge on any atom is -0.207 e. The van der Waals surface area contributed by atoms with E-state index in [0.29, 0.717) is 0 Å². The van der Waals surface area contributed by atoms with Crippen LogP contribution in [0.4, 0.5) is 4.39 Å². The number of hydrogen-bond donors (Lipinski definition) is 1. The Bertz CT molecular complexity index is 720. The van der Waals surface area contributed by atoms with Crippen LogP contribution in [0.5, 0.6) is 0 Å². The number of hydrogen-bond acceptors (Lipinski definition) is 2. The summed E-state index contributed by atoms with van der Waals surface area (Å²) in [6.07, 6.45) is 0. The highest BCUT2D eigenvalue weighted by atomic mass is 79.9. The highest BCUT2D eigenvalue weighted by Gasteiger charge is 2.15. The van der Waals surface area contributed by atoms with Crippen LogP contribution in [0.3, 0.4) is 0 Å². The molecule has 0 aliphatic carbocycles. The molecule has 7 heteroatoms. The van der Waals surface area contributed by atoms with Gasteiger partial charge < -0.3 is 0 Å². The SMILES string of the molecule is O=S(=O)(NCc1ccc(Br)cc1)c1ccc(F)c(Cl)c1. The van der Waals surface area contributed by atoms with Crippen molar-refractivity contribution in [1.29, 1.82) is 0 Å². The largest absolute Gasteiger partial charge is 0.240 e. The highest BCUT2D eigenvalue weighted by Crippen LogP contribution is 2.19. The van der Waals surface area contributed by atoms with Gasteiger partial charge in [-0.25, -0.2) is 17.5 Å². The van der Waals surface area contributed by atoms with Crippen molar-refractivity contribution in [3.63, 3.8) is 0 Å². The van der Waals surface area contributed by atoms with Crippen molar-refractivity contribution in [2.45, 2.75) is 11.4 Å². The molecule has 0 fully saturated rings. The van der Waals surface area contributed by atoms with E-state index < -0.39 is 15.8 Å². The molecule has 0 saturated carbocycles. The molecule has 106 valence electrons. The molecule has 0 heterocycles. The summed E-state index contributed by atoms with van der Waals surface area (Å²) < 4.78 is 40.4. The van der Waals surface area contributed by atoms with Gasteiger partial charge in [0, 0.05) is 11.0 Å². The second-order valence-electron chi connectivity index (χ2n) is 4.03. The van der Waals surface area contributed by atoms with Crippen molar-refractivity contribution < 1.29 is 12.8 Å². The van der Waals surface area contributed by atoms with Gasteiger partial charge in [-0.15, -0.1) is 0 Å². The van der Waals surface area contributed by atoms with Gasteiger partial charge in [-0.05, 0) is 35.9 Å². The predicted octanol–water partition coefficient (Wildman–Crippen LogP) is 3.72. The molecule has 0 amide bonds. The number of nitrogens with one attached hydrogen (secondary N) is 1. The van der Waals surface area contributed by atoms with Crippen LogP contribution >= 0.6 is 27.5 Å². The maximum Gasteiger partial charge on any atom is 0.240 e. The van der Waals surface area contributed by atoms with E-state index in [2.05, 4.69) is 20.7 Å². The molecule has 0 aliphatic rings. The Morgan fingerprint density at radius 2 is 1.80 bits per heavy atom. The number of benzene rings is 2. The molecule has 0 radical (unpaired) electrons. The van der Waals surface area contributed by atoms with Crippen molar-refractivity contribution in [3.05, 3.63) is 63.3 Å². The summed E-state index contributed by atoms with van der Waals surface area (Å²) in [5.74, 6) is -0.654. The van der Waals surface area contributed by atoms with Crippen LogP contribution in [-0.4, -0.2) is 8.42 Å². The quantitative estimate of drug-likeness (QED) is 0.881. The minimum absolute atomic E-state index is 0.0685. The van der Waals surface area contributed by atoms with E-state index in [0.717, 1.165) is 22.2 Å². The number of sulfonamides is 1. The van der Waals surface area contributed by atoms with E-state index >= 15 is 0 Å². The Morgan fingerprint density at radius 3 is 2.40 bits per heavy atom. The molecule has 0 aromatic heterocycles. The molecule has 0 unspecified atom stereocenters. The lowest BCUT2D eigenvalue weighted by molar-refractivity contribution is 0.580. The molecular weight excluding hydrogens is 369 g/mol. The highest BCUT2D eigenvalue weighted by molar-refractivity contribution is 9.10. The van der Waals surface area contributed by atoms with Crippen LogP contribution in [-0.2, 0) is 16.6 Å². The number of halogens is 3. The van der Waals surface area contributed by atoms with E-state index in [1.807, 2.05) is 12.1 Å². The Labute approximate surface area is 130 Å². The summed E-state index contributed by atoms with van der Waals surface area (Å²) in [5.41, 5.74) is 0.810. The molecule has 0 saturated heterocycles. The van der Waals surface area contributed by atoms with Gasteiger partial charge in [0.05, 0.1) is 9.92 Å². The second kappa shape index (κ2) is 6.22. The van der Waals surface area contributed by atoms with Gasteiger partial charge >= 0.3 is 0 Å². The van der Waals surface area contributed by atoms with Crippen LogP contribution in [0.25, 0.3) is 0 Å². The van der Waals surface area contributed by atoms with Crippen LogP contribution in [0.1, 0.15) is 5.56 Å². The Morgan fingerprint density at radius 1 is 1.15 bits per heavy atom. The molecule has 2 aromatic carbocycles. The normalized spacial score (nSPS) is 11.6. The zero-order valence-electron chi connectivity index (χ0n) is 10.1. The fourth-order valence-corrected chi connectivity index (χ4v) is 3.06. The summed E-state index contributed by atoms with van der Waals surface area (Å²) in [6.45, 7) is 0.143. The molecule has 0 atom stereocenters. The lowest BCUT2D eigenvalue weighted by Crippen LogP contribution is -2.23. The van der Waals surface area contributed by atoms with E-state index in [4.69, 9.17) is 11.6 Å². The third-order valence-corrected chi connectivity index (χ3v) is 4.80. The third kappa shape index (κ3) is 3.79. The molecule has 0 spiro atoms. The van der Waals surface area contributed by atoms with Gasteiger partial charge in [0.15, 0.2) is 0 Å². The van der Waals surface area contributed by atoms with Crippen molar-refractivity contribution >= 4 is 37.6 Å². The maximum atomic E-state index is 13.0. The fraction of sp³-hybridized carbons (Fsp3) is 0.0769. The van der Waals surface area contributed by atoms with Gasteiger partial charge in [-0.1, -0.05) is 39.7 Å². The molecule has 3 nitrogen and oxygen atoms in total. The van der Waals surface area contributed by atoms with Crippen molar-refractivity contribution in [2.24, 2.45) is 0 Å². The smallest absolute Gasteiger partial charge is 0.207 e. The Hall–Kier alpha value is -0.950. The lowest BCUT2D eigenvalue weighted by Gasteiger charge is -2.07. The van der Waals surface area contributed by atoms with Gasteiger partial charge in [0.1, 0.15) is 5.82 Å². The van der Waals surface area contributed by atoms with Crippen LogP contribution < -0.4 is 4.72 Å².